The molecular weight excluding hydrogens is 678 g/mol. The number of hydrogen-bond acceptors (Lipinski definition) is 14. The van der Waals surface area contributed by atoms with Gasteiger partial charge in [0.25, 0.3) is 0 Å². The minimum atomic E-state index is -1.47. The van der Waals surface area contributed by atoms with Gasteiger partial charge in [0.2, 0.25) is 0 Å². The summed E-state index contributed by atoms with van der Waals surface area (Å²) in [7, 11) is 3.51. The highest BCUT2D eigenvalue weighted by molar-refractivity contribution is 5.91. The maximum atomic E-state index is 13.3. The van der Waals surface area contributed by atoms with Gasteiger partial charge in [-0.2, -0.15) is 0 Å². The van der Waals surface area contributed by atoms with Crippen LogP contribution in [0.1, 0.15) is 80.6 Å². The molecule has 0 amide bonds. The normalized spacial score (nSPS) is 43.2. The third kappa shape index (κ3) is 11.2. The molecule has 0 radical (unpaired) electrons. The average molecular weight is 742 g/mol. The Morgan fingerprint density at radius 3 is 2.27 bits per heavy atom. The Balaban J connectivity index is 1.96. The van der Waals surface area contributed by atoms with Crippen molar-refractivity contribution in [1.82, 2.24) is 4.90 Å². The highest BCUT2D eigenvalue weighted by Crippen LogP contribution is 2.37. The van der Waals surface area contributed by atoms with E-state index in [9.17, 15) is 39.9 Å². The molecule has 2 fully saturated rings. The third-order valence-electron chi connectivity index (χ3n) is 10.9. The molecule has 14 nitrogen and oxygen atoms in total. The lowest BCUT2D eigenvalue weighted by Crippen LogP contribution is -2.65. The molecular formula is C38H63NO13. The fourth-order valence-corrected chi connectivity index (χ4v) is 7.68. The maximum Gasteiger partial charge on any atom is 0.308 e. The highest BCUT2D eigenvalue weighted by Gasteiger charge is 2.51. The molecule has 3 rings (SSSR count). The van der Waals surface area contributed by atoms with Gasteiger partial charge in [0.1, 0.15) is 30.7 Å². The van der Waals surface area contributed by atoms with Gasteiger partial charge in [0, 0.05) is 30.6 Å². The SMILES string of the molecule is CC[C@H]1OC(=O)C[C@@H](O)[C@H](C)[C@@H](O[C@@H]2OC(C)[C@@H](O[C@H]3CC(C)(O)C(O)[C@@H](C)O3)C(N(C)C)C2O)[C@@H](CC=O)C[C@@H](C)C(=O)C=CC(C)=C[C@@H]1CO. The van der Waals surface area contributed by atoms with Crippen molar-refractivity contribution in [3.63, 3.8) is 0 Å². The number of aliphatic hydroxyl groups is 5. The number of allylic oxidation sites excluding steroid dienone is 3. The fraction of sp³-hybridized carbons (Fsp3) is 0.816. The van der Waals surface area contributed by atoms with E-state index in [4.69, 9.17) is 23.7 Å². The summed E-state index contributed by atoms with van der Waals surface area (Å²) in [4.78, 5) is 40.3. The molecule has 0 aliphatic carbocycles. The average Bonchev–Trinajstić information content (AvgIpc) is 3.07. The quantitative estimate of drug-likeness (QED) is 0.169. The minimum absolute atomic E-state index is 0.0210. The van der Waals surface area contributed by atoms with Crippen LogP contribution in [0.25, 0.3) is 0 Å². The summed E-state index contributed by atoms with van der Waals surface area (Å²) < 4.78 is 30.7. The largest absolute Gasteiger partial charge is 0.462 e. The standard InChI is InChI=1S/C38H63NO13/c1-10-29-26(19-41)15-20(2)11-12-27(42)21(3)16-25(13-14-40)34(22(4)28(43)17-30(44)50-29)52-37-33(45)32(39(8)9)35(23(5)49-37)51-31-18-38(7,47)36(46)24(6)48-31/h11-12,14-15,21-26,28-29,31-37,41,43,45-47H,10,13,16-19H2,1-9H3/t21-,22+,23?,24-,25+,26-,28-,29-,31+,32?,33?,34-,35-,36?,37+,38?/m1/s1. The molecule has 3 aliphatic heterocycles. The van der Waals surface area contributed by atoms with Gasteiger partial charge in [0.15, 0.2) is 18.4 Å². The summed E-state index contributed by atoms with van der Waals surface area (Å²) >= 11 is 0. The zero-order valence-corrected chi connectivity index (χ0v) is 32.2. The predicted molar refractivity (Wildman–Crippen MR) is 190 cm³/mol. The van der Waals surface area contributed by atoms with Gasteiger partial charge in [-0.1, -0.05) is 38.5 Å². The first-order valence-corrected chi connectivity index (χ1v) is 18.5. The van der Waals surface area contributed by atoms with Crippen molar-refractivity contribution in [2.45, 2.75) is 154 Å². The number of ether oxygens (including phenoxy) is 5. The van der Waals surface area contributed by atoms with Crippen molar-refractivity contribution in [2.24, 2.45) is 23.7 Å². The van der Waals surface area contributed by atoms with Gasteiger partial charge in [-0.3, -0.25) is 9.59 Å². The van der Waals surface area contributed by atoms with Crippen LogP contribution < -0.4 is 0 Å². The van der Waals surface area contributed by atoms with Crippen LogP contribution in [0, 0.1) is 23.7 Å². The van der Waals surface area contributed by atoms with Crippen molar-refractivity contribution in [1.29, 1.82) is 0 Å². The van der Waals surface area contributed by atoms with Gasteiger partial charge in [-0.25, -0.2) is 0 Å². The number of aldehydes is 1. The number of ketones is 1. The lowest BCUT2D eigenvalue weighted by atomic mass is 9.79. The second-order valence-corrected chi connectivity index (χ2v) is 15.5. The van der Waals surface area contributed by atoms with Crippen LogP contribution in [-0.4, -0.2) is 142 Å². The molecule has 0 aromatic heterocycles. The van der Waals surface area contributed by atoms with Gasteiger partial charge in [0.05, 0.1) is 49.1 Å². The Kier molecular flexibility index (Phi) is 16.6. The van der Waals surface area contributed by atoms with E-state index in [1.165, 1.54) is 13.0 Å². The third-order valence-corrected chi connectivity index (χ3v) is 10.9. The van der Waals surface area contributed by atoms with Crippen LogP contribution in [0.15, 0.2) is 23.8 Å². The van der Waals surface area contributed by atoms with Crippen molar-refractivity contribution in [3.8, 4) is 0 Å². The molecule has 2 saturated heterocycles. The summed E-state index contributed by atoms with van der Waals surface area (Å²) in [5.41, 5.74) is -0.773. The molecule has 52 heavy (non-hydrogen) atoms. The van der Waals surface area contributed by atoms with E-state index in [0.717, 1.165) is 6.29 Å². The summed E-state index contributed by atoms with van der Waals surface area (Å²) in [5, 5.41) is 54.5. The number of carbonyl (C=O) groups excluding carboxylic acids is 3. The van der Waals surface area contributed by atoms with Crippen LogP contribution in [0.5, 0.6) is 0 Å². The van der Waals surface area contributed by atoms with E-state index in [2.05, 4.69) is 0 Å². The topological polar surface area (TPSA) is 202 Å². The number of rotatable bonds is 9. The molecule has 3 aliphatic rings. The molecule has 0 aromatic carbocycles. The van der Waals surface area contributed by atoms with Crippen LogP contribution >= 0.6 is 0 Å². The summed E-state index contributed by atoms with van der Waals surface area (Å²) in [5.74, 6) is -3.38. The number of carbonyl (C=O) groups is 3. The number of esters is 1. The van der Waals surface area contributed by atoms with Crippen molar-refractivity contribution in [2.75, 3.05) is 20.7 Å². The van der Waals surface area contributed by atoms with Gasteiger partial charge >= 0.3 is 5.97 Å². The smallest absolute Gasteiger partial charge is 0.308 e. The van der Waals surface area contributed by atoms with E-state index in [0.29, 0.717) is 12.0 Å². The zero-order chi connectivity index (χ0) is 39.1. The Bertz CT molecular complexity index is 1240. The van der Waals surface area contributed by atoms with Crippen LogP contribution in [-0.2, 0) is 38.1 Å². The number of hydrogen-bond donors (Lipinski definition) is 5. The second-order valence-electron chi connectivity index (χ2n) is 15.5. The Labute approximate surface area is 308 Å². The number of nitrogens with zero attached hydrogens (tertiary/aromatic N) is 1. The summed E-state index contributed by atoms with van der Waals surface area (Å²) in [6, 6.07) is -0.720. The molecule has 16 atom stereocenters. The summed E-state index contributed by atoms with van der Waals surface area (Å²) in [6.07, 6.45) is -4.08. The van der Waals surface area contributed by atoms with E-state index in [1.54, 1.807) is 65.8 Å². The highest BCUT2D eigenvalue weighted by atomic mass is 16.7. The lowest BCUT2D eigenvalue weighted by molar-refractivity contribution is -0.341. The van der Waals surface area contributed by atoms with Crippen LogP contribution in [0.4, 0.5) is 0 Å². The van der Waals surface area contributed by atoms with E-state index >= 15 is 0 Å². The van der Waals surface area contributed by atoms with Crippen LogP contribution in [0.2, 0.25) is 0 Å². The number of cyclic esters (lactones) is 1. The second kappa shape index (κ2) is 19.5. The monoisotopic (exact) mass is 741 g/mol. The molecule has 14 heteroatoms. The number of likely N-dealkylation sites (N-methyl/N-ethyl adjacent to an activating group) is 1. The van der Waals surface area contributed by atoms with Crippen molar-refractivity contribution < 1.29 is 63.6 Å². The fourth-order valence-electron chi connectivity index (χ4n) is 7.68. The first-order chi connectivity index (χ1) is 24.3. The van der Waals surface area contributed by atoms with E-state index < -0.39 is 109 Å². The first-order valence-electron chi connectivity index (χ1n) is 18.5. The summed E-state index contributed by atoms with van der Waals surface area (Å²) in [6.45, 7) is 11.6. The molecule has 0 aromatic rings. The lowest BCUT2D eigenvalue weighted by Gasteiger charge is -2.50. The van der Waals surface area contributed by atoms with Gasteiger partial charge in [-0.15, -0.1) is 0 Å². The molecule has 0 spiro atoms. The maximum absolute atomic E-state index is 13.3. The minimum Gasteiger partial charge on any atom is -0.462 e. The molecule has 298 valence electrons. The predicted octanol–water partition coefficient (Wildman–Crippen LogP) is 1.67. The molecule has 0 bridgehead atoms. The zero-order valence-electron chi connectivity index (χ0n) is 32.2. The van der Waals surface area contributed by atoms with E-state index in [1.807, 2.05) is 6.92 Å². The Morgan fingerprint density at radius 1 is 1.02 bits per heavy atom. The van der Waals surface area contributed by atoms with Crippen LogP contribution in [0.3, 0.4) is 0 Å². The van der Waals surface area contributed by atoms with E-state index in [-0.39, 0.29) is 31.7 Å². The van der Waals surface area contributed by atoms with Gasteiger partial charge in [-0.05, 0) is 66.6 Å². The van der Waals surface area contributed by atoms with Gasteiger partial charge < -0.3 is 58.9 Å². The van der Waals surface area contributed by atoms with Crippen molar-refractivity contribution >= 4 is 18.0 Å². The number of aliphatic hydroxyl groups excluding tert-OH is 4. The Hall–Kier alpha value is -2.11. The molecule has 0 saturated carbocycles. The Morgan fingerprint density at radius 2 is 1.69 bits per heavy atom. The first kappa shape index (κ1) is 44.3. The molecule has 5 N–H and O–H groups in total. The van der Waals surface area contributed by atoms with Crippen molar-refractivity contribution in [3.05, 3.63) is 23.8 Å². The molecule has 3 heterocycles. The molecule has 5 unspecified atom stereocenters.